The molecule has 0 unspecified atom stereocenters. The predicted octanol–water partition coefficient (Wildman–Crippen LogP) is 1.98. The molecule has 0 spiro atoms. The molecule has 1 saturated heterocycles. The summed E-state index contributed by atoms with van der Waals surface area (Å²) < 4.78 is 5.98. The van der Waals surface area contributed by atoms with Crippen molar-refractivity contribution in [2.24, 2.45) is 0 Å². The molecule has 80 valence electrons. The molecule has 5 heteroatoms. The minimum absolute atomic E-state index is 0.133. The van der Waals surface area contributed by atoms with Gasteiger partial charge in [-0.2, -0.15) is 0 Å². The van der Waals surface area contributed by atoms with Crippen LogP contribution in [-0.4, -0.2) is 24.5 Å². The van der Waals surface area contributed by atoms with Crippen molar-refractivity contribution in [3.63, 3.8) is 0 Å². The Labute approximate surface area is 96.4 Å². The lowest BCUT2D eigenvalue weighted by Crippen LogP contribution is -2.24. The number of pyridine rings is 1. The second-order valence-electron chi connectivity index (χ2n) is 3.33. The minimum Gasteiger partial charge on any atom is -0.480 e. The molecule has 1 aliphatic rings. The summed E-state index contributed by atoms with van der Waals surface area (Å²) >= 11 is 3.34. The molecule has 1 aromatic heterocycles. The van der Waals surface area contributed by atoms with Gasteiger partial charge in [-0.3, -0.25) is 4.79 Å². The number of ether oxygens (including phenoxy) is 1. The van der Waals surface area contributed by atoms with E-state index < -0.39 is 0 Å². The Hall–Kier alpha value is -1.10. The maximum atomic E-state index is 11.6. The molecular formula is C10H11BrN2O2. The second kappa shape index (κ2) is 4.18. The number of hydrogen-bond acceptors (Lipinski definition) is 3. The standard InChI is InChI=1S/C10H11BrN2O2/c1-15-10-8(5-7(11)6-12-10)13-4-2-3-9(13)14/h5-6H,2-4H2,1H3. The van der Waals surface area contributed by atoms with Gasteiger partial charge >= 0.3 is 0 Å². The molecular weight excluding hydrogens is 260 g/mol. The van der Waals surface area contributed by atoms with Gasteiger partial charge in [0.2, 0.25) is 11.8 Å². The first-order valence-corrected chi connectivity index (χ1v) is 5.51. The smallest absolute Gasteiger partial charge is 0.237 e. The van der Waals surface area contributed by atoms with Gasteiger partial charge < -0.3 is 9.64 Å². The molecule has 1 fully saturated rings. The molecule has 1 amide bonds. The number of carbonyl (C=O) groups is 1. The Bertz CT molecular complexity index is 395. The molecule has 4 nitrogen and oxygen atoms in total. The van der Waals surface area contributed by atoms with E-state index in [9.17, 15) is 4.79 Å². The normalized spacial score (nSPS) is 15.9. The summed E-state index contributed by atoms with van der Waals surface area (Å²) in [5.74, 6) is 0.627. The number of rotatable bonds is 2. The van der Waals surface area contributed by atoms with Gasteiger partial charge in [-0.05, 0) is 28.4 Å². The minimum atomic E-state index is 0.133. The fraction of sp³-hybridized carbons (Fsp3) is 0.400. The van der Waals surface area contributed by atoms with Crippen molar-refractivity contribution in [2.75, 3.05) is 18.6 Å². The van der Waals surface area contributed by atoms with Gasteiger partial charge in [-0.1, -0.05) is 0 Å². The number of halogens is 1. The average molecular weight is 271 g/mol. The van der Waals surface area contributed by atoms with Gasteiger partial charge in [0.25, 0.3) is 0 Å². The van der Waals surface area contributed by atoms with Crippen molar-refractivity contribution in [3.05, 3.63) is 16.7 Å². The van der Waals surface area contributed by atoms with E-state index in [0.29, 0.717) is 12.3 Å². The molecule has 15 heavy (non-hydrogen) atoms. The van der Waals surface area contributed by atoms with Gasteiger partial charge in [0.1, 0.15) is 5.69 Å². The highest BCUT2D eigenvalue weighted by Gasteiger charge is 2.25. The van der Waals surface area contributed by atoms with E-state index in [0.717, 1.165) is 23.1 Å². The maximum absolute atomic E-state index is 11.6. The lowest BCUT2D eigenvalue weighted by Gasteiger charge is -2.17. The Morgan fingerprint density at radius 2 is 2.40 bits per heavy atom. The largest absolute Gasteiger partial charge is 0.480 e. The molecule has 1 aromatic rings. The summed E-state index contributed by atoms with van der Waals surface area (Å²) in [4.78, 5) is 17.4. The van der Waals surface area contributed by atoms with E-state index in [2.05, 4.69) is 20.9 Å². The maximum Gasteiger partial charge on any atom is 0.237 e. The molecule has 2 heterocycles. The van der Waals surface area contributed by atoms with Crippen LogP contribution in [0.5, 0.6) is 5.88 Å². The van der Waals surface area contributed by atoms with Crippen LogP contribution < -0.4 is 9.64 Å². The van der Waals surface area contributed by atoms with E-state index in [1.54, 1.807) is 18.2 Å². The van der Waals surface area contributed by atoms with Gasteiger partial charge in [-0.25, -0.2) is 4.98 Å². The molecule has 0 radical (unpaired) electrons. The van der Waals surface area contributed by atoms with E-state index >= 15 is 0 Å². The van der Waals surface area contributed by atoms with Crippen LogP contribution in [0.15, 0.2) is 16.7 Å². The lowest BCUT2D eigenvalue weighted by molar-refractivity contribution is -0.117. The highest BCUT2D eigenvalue weighted by atomic mass is 79.9. The van der Waals surface area contributed by atoms with Gasteiger partial charge in [0.05, 0.1) is 7.11 Å². The van der Waals surface area contributed by atoms with Crippen LogP contribution in [0.2, 0.25) is 0 Å². The molecule has 0 aromatic carbocycles. The first-order valence-electron chi connectivity index (χ1n) is 4.72. The highest BCUT2D eigenvalue weighted by molar-refractivity contribution is 9.10. The van der Waals surface area contributed by atoms with Crippen molar-refractivity contribution < 1.29 is 9.53 Å². The lowest BCUT2D eigenvalue weighted by atomic mass is 10.3. The molecule has 0 saturated carbocycles. The molecule has 0 N–H and O–H groups in total. The molecule has 2 rings (SSSR count). The Morgan fingerprint density at radius 1 is 1.60 bits per heavy atom. The fourth-order valence-corrected chi connectivity index (χ4v) is 1.99. The zero-order valence-electron chi connectivity index (χ0n) is 8.36. The van der Waals surface area contributed by atoms with Crippen molar-refractivity contribution >= 4 is 27.5 Å². The molecule has 0 aliphatic carbocycles. The fourth-order valence-electron chi connectivity index (χ4n) is 1.67. The van der Waals surface area contributed by atoms with Crippen LogP contribution in [0.25, 0.3) is 0 Å². The van der Waals surface area contributed by atoms with Crippen LogP contribution in [0, 0.1) is 0 Å². The third kappa shape index (κ3) is 1.97. The monoisotopic (exact) mass is 270 g/mol. The number of carbonyl (C=O) groups excluding carboxylic acids is 1. The third-order valence-electron chi connectivity index (χ3n) is 2.36. The van der Waals surface area contributed by atoms with Crippen molar-refractivity contribution in [3.8, 4) is 5.88 Å². The van der Waals surface area contributed by atoms with Crippen molar-refractivity contribution in [1.29, 1.82) is 0 Å². The summed E-state index contributed by atoms with van der Waals surface area (Å²) in [5.41, 5.74) is 0.745. The number of aromatic nitrogens is 1. The Kier molecular flexibility index (Phi) is 2.90. The zero-order valence-corrected chi connectivity index (χ0v) is 9.95. The number of amides is 1. The van der Waals surface area contributed by atoms with Crippen molar-refractivity contribution in [2.45, 2.75) is 12.8 Å². The Balaban J connectivity index is 2.40. The molecule has 0 bridgehead atoms. The summed E-state index contributed by atoms with van der Waals surface area (Å²) in [6, 6.07) is 1.86. The summed E-state index contributed by atoms with van der Waals surface area (Å²) in [6.45, 7) is 0.743. The van der Waals surface area contributed by atoms with E-state index in [-0.39, 0.29) is 5.91 Å². The van der Waals surface area contributed by atoms with E-state index in [1.807, 2.05) is 6.07 Å². The summed E-state index contributed by atoms with van der Waals surface area (Å²) in [6.07, 6.45) is 3.16. The van der Waals surface area contributed by atoms with E-state index in [4.69, 9.17) is 4.74 Å². The second-order valence-corrected chi connectivity index (χ2v) is 4.25. The number of methoxy groups -OCH3 is 1. The summed E-state index contributed by atoms with van der Waals surface area (Å²) in [7, 11) is 1.56. The number of nitrogens with zero attached hydrogens (tertiary/aromatic N) is 2. The topological polar surface area (TPSA) is 42.4 Å². The number of anilines is 1. The predicted molar refractivity (Wildman–Crippen MR) is 60.1 cm³/mol. The van der Waals surface area contributed by atoms with Crippen LogP contribution in [0.4, 0.5) is 5.69 Å². The first-order chi connectivity index (χ1) is 7.22. The van der Waals surface area contributed by atoms with Crippen LogP contribution in [-0.2, 0) is 4.79 Å². The van der Waals surface area contributed by atoms with Crippen molar-refractivity contribution in [1.82, 2.24) is 4.98 Å². The molecule has 1 aliphatic heterocycles. The summed E-state index contributed by atoms with van der Waals surface area (Å²) in [5, 5.41) is 0. The van der Waals surface area contributed by atoms with Crippen LogP contribution in [0.3, 0.4) is 0 Å². The Morgan fingerprint density at radius 3 is 3.00 bits per heavy atom. The average Bonchev–Trinajstić information content (AvgIpc) is 2.64. The van der Waals surface area contributed by atoms with Gasteiger partial charge in [-0.15, -0.1) is 0 Å². The van der Waals surface area contributed by atoms with Gasteiger partial charge in [0, 0.05) is 23.6 Å². The molecule has 0 atom stereocenters. The van der Waals surface area contributed by atoms with Crippen LogP contribution in [0.1, 0.15) is 12.8 Å². The quantitative estimate of drug-likeness (QED) is 0.826. The van der Waals surface area contributed by atoms with Gasteiger partial charge in [0.15, 0.2) is 0 Å². The number of hydrogen-bond donors (Lipinski definition) is 0. The first kappa shape index (κ1) is 10.4. The SMILES string of the molecule is COc1ncc(Br)cc1N1CCCC1=O. The zero-order chi connectivity index (χ0) is 10.8. The third-order valence-corrected chi connectivity index (χ3v) is 2.79. The van der Waals surface area contributed by atoms with E-state index in [1.165, 1.54) is 0 Å². The van der Waals surface area contributed by atoms with Crippen LogP contribution >= 0.6 is 15.9 Å². The highest BCUT2D eigenvalue weighted by Crippen LogP contribution is 2.31.